The Hall–Kier alpha value is -2.43. The van der Waals surface area contributed by atoms with Gasteiger partial charge in [-0.05, 0) is 32.4 Å². The summed E-state index contributed by atoms with van der Waals surface area (Å²) in [5.41, 5.74) is 1.11. The van der Waals surface area contributed by atoms with Crippen LogP contribution in [0.5, 0.6) is 0 Å². The van der Waals surface area contributed by atoms with Gasteiger partial charge in [0.15, 0.2) is 0 Å². The largest absolute Gasteiger partial charge is 0.462 e. The van der Waals surface area contributed by atoms with Gasteiger partial charge < -0.3 is 9.30 Å². The second-order valence-electron chi connectivity index (χ2n) is 4.69. The molecule has 5 heteroatoms. The van der Waals surface area contributed by atoms with E-state index in [4.69, 9.17) is 4.74 Å². The molecule has 0 fully saturated rings. The van der Waals surface area contributed by atoms with E-state index in [0.717, 1.165) is 5.69 Å². The van der Waals surface area contributed by atoms with E-state index in [2.05, 4.69) is 11.6 Å². The van der Waals surface area contributed by atoms with E-state index in [-0.39, 0.29) is 17.6 Å². The monoisotopic (exact) mass is 286 g/mol. The SMILES string of the molecule is C=CCCOC(=O)c1cn(CC)c2nc(C)ccc2c1=O. The molecule has 0 unspecified atom stereocenters. The van der Waals surface area contributed by atoms with Gasteiger partial charge in [0.25, 0.3) is 0 Å². The van der Waals surface area contributed by atoms with Crippen molar-refractivity contribution in [2.75, 3.05) is 6.61 Å². The summed E-state index contributed by atoms with van der Waals surface area (Å²) < 4.78 is 6.86. The van der Waals surface area contributed by atoms with Crippen molar-refractivity contribution < 1.29 is 9.53 Å². The molecule has 5 nitrogen and oxygen atoms in total. The van der Waals surface area contributed by atoms with Gasteiger partial charge in [-0.1, -0.05) is 6.08 Å². The molecule has 0 bridgehead atoms. The third-order valence-corrected chi connectivity index (χ3v) is 3.18. The average Bonchev–Trinajstić information content (AvgIpc) is 2.47. The molecule has 21 heavy (non-hydrogen) atoms. The number of carbonyl (C=O) groups is 1. The van der Waals surface area contributed by atoms with E-state index in [0.29, 0.717) is 24.0 Å². The smallest absolute Gasteiger partial charge is 0.343 e. The van der Waals surface area contributed by atoms with Crippen molar-refractivity contribution in [3.05, 3.63) is 52.5 Å². The lowest BCUT2D eigenvalue weighted by Crippen LogP contribution is -2.21. The Kier molecular flexibility index (Phi) is 4.52. The zero-order valence-electron chi connectivity index (χ0n) is 12.3. The highest BCUT2D eigenvalue weighted by molar-refractivity contribution is 5.93. The Bertz CT molecular complexity index is 747. The summed E-state index contributed by atoms with van der Waals surface area (Å²) in [4.78, 5) is 28.8. The summed E-state index contributed by atoms with van der Waals surface area (Å²) in [5.74, 6) is -0.605. The zero-order valence-corrected chi connectivity index (χ0v) is 12.3. The third-order valence-electron chi connectivity index (χ3n) is 3.18. The molecule has 110 valence electrons. The van der Waals surface area contributed by atoms with Gasteiger partial charge in [0.1, 0.15) is 11.2 Å². The molecular weight excluding hydrogens is 268 g/mol. The summed E-state index contributed by atoms with van der Waals surface area (Å²) in [6, 6.07) is 3.46. The van der Waals surface area contributed by atoms with E-state index in [1.165, 1.54) is 6.20 Å². The van der Waals surface area contributed by atoms with Crippen molar-refractivity contribution in [3.8, 4) is 0 Å². The molecule has 0 saturated heterocycles. The molecule has 0 aliphatic carbocycles. The summed E-state index contributed by atoms with van der Waals surface area (Å²) >= 11 is 0. The van der Waals surface area contributed by atoms with Crippen LogP contribution < -0.4 is 5.43 Å². The minimum absolute atomic E-state index is 0.0408. The van der Waals surface area contributed by atoms with Gasteiger partial charge in [0.2, 0.25) is 5.43 Å². The number of rotatable bonds is 5. The number of aromatic nitrogens is 2. The average molecular weight is 286 g/mol. The maximum absolute atomic E-state index is 12.4. The van der Waals surface area contributed by atoms with Crippen LogP contribution in [0.3, 0.4) is 0 Å². The predicted octanol–water partition coefficient (Wildman–Crippen LogP) is 2.46. The molecular formula is C16H18N2O3. The predicted molar refractivity (Wildman–Crippen MR) is 81.5 cm³/mol. The normalized spacial score (nSPS) is 10.6. The molecule has 0 atom stereocenters. The van der Waals surface area contributed by atoms with Crippen LogP contribution in [0.25, 0.3) is 11.0 Å². The lowest BCUT2D eigenvalue weighted by Gasteiger charge is -2.11. The fourth-order valence-corrected chi connectivity index (χ4v) is 2.06. The van der Waals surface area contributed by atoms with Crippen molar-refractivity contribution in [1.29, 1.82) is 0 Å². The van der Waals surface area contributed by atoms with Crippen molar-refractivity contribution >= 4 is 17.0 Å². The number of fused-ring (bicyclic) bond motifs is 1. The molecule has 0 spiro atoms. The number of pyridine rings is 2. The Labute approximate surface area is 122 Å². The molecule has 0 amide bonds. The highest BCUT2D eigenvalue weighted by Gasteiger charge is 2.16. The van der Waals surface area contributed by atoms with Crippen LogP contribution in [0.1, 0.15) is 29.4 Å². The molecule has 2 heterocycles. The first-order chi connectivity index (χ1) is 10.1. The van der Waals surface area contributed by atoms with Crippen LogP contribution in [0.4, 0.5) is 0 Å². The van der Waals surface area contributed by atoms with Gasteiger partial charge in [-0.3, -0.25) is 4.79 Å². The van der Waals surface area contributed by atoms with Crippen LogP contribution in [0.15, 0.2) is 35.8 Å². The lowest BCUT2D eigenvalue weighted by atomic mass is 10.2. The van der Waals surface area contributed by atoms with Crippen molar-refractivity contribution in [2.24, 2.45) is 0 Å². The van der Waals surface area contributed by atoms with Crippen LogP contribution in [-0.2, 0) is 11.3 Å². The van der Waals surface area contributed by atoms with E-state index in [1.807, 2.05) is 13.8 Å². The number of aryl methyl sites for hydroxylation is 2. The summed E-state index contributed by atoms with van der Waals surface area (Å²) in [5, 5.41) is 0.431. The van der Waals surface area contributed by atoms with Gasteiger partial charge in [0.05, 0.1) is 12.0 Å². The second-order valence-corrected chi connectivity index (χ2v) is 4.69. The summed E-state index contributed by atoms with van der Waals surface area (Å²) in [6.07, 6.45) is 3.74. The van der Waals surface area contributed by atoms with Crippen LogP contribution in [0, 0.1) is 6.92 Å². The molecule has 2 rings (SSSR count). The molecule has 2 aromatic heterocycles. The maximum Gasteiger partial charge on any atom is 0.343 e. The van der Waals surface area contributed by atoms with Crippen LogP contribution in [0.2, 0.25) is 0 Å². The van der Waals surface area contributed by atoms with Crippen LogP contribution >= 0.6 is 0 Å². The Morgan fingerprint density at radius 3 is 2.90 bits per heavy atom. The van der Waals surface area contributed by atoms with E-state index >= 15 is 0 Å². The van der Waals surface area contributed by atoms with Crippen molar-refractivity contribution in [2.45, 2.75) is 26.8 Å². The Balaban J connectivity index is 2.53. The van der Waals surface area contributed by atoms with Crippen LogP contribution in [-0.4, -0.2) is 22.1 Å². The molecule has 0 N–H and O–H groups in total. The molecule has 0 radical (unpaired) electrons. The first-order valence-corrected chi connectivity index (χ1v) is 6.87. The minimum atomic E-state index is -0.605. The van der Waals surface area contributed by atoms with E-state index in [1.54, 1.807) is 22.8 Å². The highest BCUT2D eigenvalue weighted by atomic mass is 16.5. The molecule has 0 aromatic carbocycles. The molecule has 0 aliphatic rings. The standard InChI is InChI=1S/C16H18N2O3/c1-4-6-9-21-16(20)13-10-18(5-2)15-12(14(13)19)8-7-11(3)17-15/h4,7-8,10H,1,5-6,9H2,2-3H3. The molecule has 0 saturated carbocycles. The van der Waals surface area contributed by atoms with E-state index < -0.39 is 5.97 Å². The van der Waals surface area contributed by atoms with Gasteiger partial charge in [0, 0.05) is 18.4 Å². The van der Waals surface area contributed by atoms with E-state index in [9.17, 15) is 9.59 Å². The number of hydrogen-bond donors (Lipinski definition) is 0. The fourth-order valence-electron chi connectivity index (χ4n) is 2.06. The lowest BCUT2D eigenvalue weighted by molar-refractivity contribution is 0.0509. The van der Waals surface area contributed by atoms with Gasteiger partial charge in [-0.2, -0.15) is 0 Å². The number of esters is 1. The number of hydrogen-bond acceptors (Lipinski definition) is 4. The van der Waals surface area contributed by atoms with Gasteiger partial charge in [-0.25, -0.2) is 9.78 Å². The third kappa shape index (κ3) is 3.02. The highest BCUT2D eigenvalue weighted by Crippen LogP contribution is 2.11. The number of nitrogens with zero attached hydrogens (tertiary/aromatic N) is 2. The van der Waals surface area contributed by atoms with Crippen molar-refractivity contribution in [1.82, 2.24) is 9.55 Å². The number of carbonyl (C=O) groups excluding carboxylic acids is 1. The quantitative estimate of drug-likeness (QED) is 0.481. The topological polar surface area (TPSA) is 61.2 Å². The molecule has 0 aliphatic heterocycles. The Morgan fingerprint density at radius 1 is 1.48 bits per heavy atom. The zero-order chi connectivity index (χ0) is 15.4. The van der Waals surface area contributed by atoms with Crippen molar-refractivity contribution in [3.63, 3.8) is 0 Å². The first-order valence-electron chi connectivity index (χ1n) is 6.87. The summed E-state index contributed by atoms with van der Waals surface area (Å²) in [7, 11) is 0. The molecule has 2 aromatic rings. The second kappa shape index (κ2) is 6.35. The fraction of sp³-hybridized carbons (Fsp3) is 0.312. The maximum atomic E-state index is 12.4. The first kappa shape index (κ1) is 15.0. The number of ether oxygens (including phenoxy) is 1. The summed E-state index contributed by atoms with van der Waals surface area (Å²) in [6.45, 7) is 8.18. The van der Waals surface area contributed by atoms with Gasteiger partial charge in [-0.15, -0.1) is 6.58 Å². The Morgan fingerprint density at radius 2 is 2.24 bits per heavy atom. The van der Waals surface area contributed by atoms with Gasteiger partial charge >= 0.3 is 5.97 Å². The minimum Gasteiger partial charge on any atom is -0.462 e.